The van der Waals surface area contributed by atoms with E-state index in [1.807, 2.05) is 42.5 Å². The molecule has 0 aromatic carbocycles. The molecule has 2 aliphatic carbocycles. The van der Waals surface area contributed by atoms with Gasteiger partial charge >= 0.3 is 11.9 Å². The number of rotatable bonds is 22. The van der Waals surface area contributed by atoms with E-state index in [1.54, 1.807) is 6.08 Å². The van der Waals surface area contributed by atoms with Crippen LogP contribution in [0.4, 0.5) is 0 Å². The van der Waals surface area contributed by atoms with Crippen molar-refractivity contribution in [2.45, 2.75) is 44.6 Å². The van der Waals surface area contributed by atoms with Crippen LogP contribution in [0.25, 0.3) is 0 Å². The molecule has 4 rings (SSSR count). The van der Waals surface area contributed by atoms with E-state index in [0.717, 1.165) is 5.57 Å². The average molecular weight is 886 g/mol. The third kappa shape index (κ3) is 19.7. The topological polar surface area (TPSA) is 241 Å². The van der Waals surface area contributed by atoms with Crippen molar-refractivity contribution < 1.29 is 54.5 Å². The van der Waals surface area contributed by atoms with Crippen LogP contribution in [-0.2, 0) is 48.8 Å². The zero-order valence-electron chi connectivity index (χ0n) is 34.4. The maximum absolute atomic E-state index is 12.4. The second-order valence-electron chi connectivity index (χ2n) is 14.3. The first-order valence-electron chi connectivity index (χ1n) is 20.0. The zero-order valence-corrected chi connectivity index (χ0v) is 36.1. The van der Waals surface area contributed by atoms with Gasteiger partial charge in [-0.05, 0) is 56.1 Å². The molecule has 2 heterocycles. The summed E-state index contributed by atoms with van der Waals surface area (Å²) in [5.74, 6) is 11.3. The molecule has 5 N–H and O–H groups in total. The summed E-state index contributed by atoms with van der Waals surface area (Å²) >= 11 is 0. The van der Waals surface area contributed by atoms with Gasteiger partial charge in [0.2, 0.25) is 0 Å². The van der Waals surface area contributed by atoms with Crippen molar-refractivity contribution >= 4 is 43.6 Å². The van der Waals surface area contributed by atoms with Crippen molar-refractivity contribution in [1.29, 1.82) is 0 Å². The van der Waals surface area contributed by atoms with Crippen LogP contribution in [0.15, 0.2) is 81.3 Å². The van der Waals surface area contributed by atoms with Crippen molar-refractivity contribution in [2.75, 3.05) is 78.2 Å². The summed E-state index contributed by atoms with van der Waals surface area (Å²) in [5, 5.41) is 10.1. The van der Waals surface area contributed by atoms with Crippen LogP contribution in [0.1, 0.15) is 38.5 Å². The summed E-state index contributed by atoms with van der Waals surface area (Å²) in [7, 11) is -5.38. The summed E-state index contributed by atoms with van der Waals surface area (Å²) < 4.78 is 82.3. The molecule has 0 saturated carbocycles. The van der Waals surface area contributed by atoms with Crippen molar-refractivity contribution in [3.8, 4) is 23.7 Å². The number of allylic oxidation sites excluding steroid dienone is 7. The second kappa shape index (κ2) is 25.3. The van der Waals surface area contributed by atoms with Gasteiger partial charge in [0, 0.05) is 82.0 Å². The fourth-order valence-electron chi connectivity index (χ4n) is 6.23. The van der Waals surface area contributed by atoms with Gasteiger partial charge in [-0.1, -0.05) is 41.9 Å². The van der Waals surface area contributed by atoms with E-state index in [2.05, 4.69) is 49.6 Å². The first-order valence-corrected chi connectivity index (χ1v) is 23.2. The number of carbonyl (C=O) groups is 2. The molecule has 0 amide bonds. The molecule has 0 aromatic heterocycles. The minimum absolute atomic E-state index is 0.0501. The standard InChI is InChI=1S/C42H55N5O12S2/c1-56-41(48)39-27-33(7-5-31-9-13-37(14-10-31)58-21-3-23-60(50,51)52)25-35(46-39)29-44-19-17-43-18-20-45-30-36-26-34(28-40(47-36)42(49)57-2)8-6-32-11-15-38(16-12-32)59-22-4-24-61(53,54)55/h9-11,13,15-16,25-26,32-34,37,43-45H,3-4,12,14,17-24,27-30H2,1-2H3,(H,50,51,52)(H,53,54,55). The third-order valence-electron chi connectivity index (χ3n) is 9.26. The number of carbonyl (C=O) groups excluding carboxylic acids is 2. The smallest absolute Gasteiger partial charge is 0.352 e. The average Bonchev–Trinajstić information content (AvgIpc) is 3.24. The molecule has 0 fully saturated rings. The number of methoxy groups -OCH3 is 2. The highest BCUT2D eigenvalue weighted by atomic mass is 32.2. The summed E-state index contributed by atoms with van der Waals surface area (Å²) in [6.07, 6.45) is 17.2. The van der Waals surface area contributed by atoms with Crippen molar-refractivity contribution in [1.82, 2.24) is 16.0 Å². The van der Waals surface area contributed by atoms with Crippen LogP contribution in [0, 0.1) is 41.4 Å². The fraction of sp³-hybridized carbons (Fsp3) is 0.524. The lowest BCUT2D eigenvalue weighted by Crippen LogP contribution is -2.34. The summed E-state index contributed by atoms with van der Waals surface area (Å²) in [4.78, 5) is 33.8. The Morgan fingerprint density at radius 2 is 1.28 bits per heavy atom. The largest absolute Gasteiger partial charge is 0.494 e. The maximum Gasteiger partial charge on any atom is 0.352 e. The number of aliphatic imine (C=N–C) groups is 2. The lowest BCUT2D eigenvalue weighted by Gasteiger charge is -2.17. The Hall–Kier alpha value is -4.70. The lowest BCUT2D eigenvalue weighted by molar-refractivity contribution is -0.133. The quantitative estimate of drug-likeness (QED) is 0.0453. The van der Waals surface area contributed by atoms with E-state index in [4.69, 9.17) is 28.1 Å². The highest BCUT2D eigenvalue weighted by Crippen LogP contribution is 2.21. The van der Waals surface area contributed by atoms with Crippen LogP contribution in [0.3, 0.4) is 0 Å². The Labute approximate surface area is 358 Å². The van der Waals surface area contributed by atoms with Gasteiger partial charge in [-0.15, -0.1) is 0 Å². The van der Waals surface area contributed by atoms with E-state index in [-0.39, 0.29) is 61.4 Å². The highest BCUT2D eigenvalue weighted by molar-refractivity contribution is 7.86. The Morgan fingerprint density at radius 3 is 1.80 bits per heavy atom. The molecular weight excluding hydrogens is 831 g/mol. The number of hydrogen-bond acceptors (Lipinski definition) is 15. The van der Waals surface area contributed by atoms with Crippen molar-refractivity contribution in [3.63, 3.8) is 0 Å². The Morgan fingerprint density at radius 1 is 0.721 bits per heavy atom. The van der Waals surface area contributed by atoms with Gasteiger partial charge in [0.25, 0.3) is 20.2 Å². The van der Waals surface area contributed by atoms with Gasteiger partial charge in [-0.2, -0.15) is 16.8 Å². The molecule has 0 saturated heterocycles. The van der Waals surface area contributed by atoms with Crippen LogP contribution in [-0.4, -0.2) is 134 Å². The molecule has 4 atom stereocenters. The van der Waals surface area contributed by atoms with E-state index in [0.29, 0.717) is 93.5 Å². The number of nitrogens with zero attached hydrogens (tertiary/aromatic N) is 2. The van der Waals surface area contributed by atoms with Crippen LogP contribution < -0.4 is 16.0 Å². The van der Waals surface area contributed by atoms with Gasteiger partial charge in [0.15, 0.2) is 0 Å². The molecule has 17 nitrogen and oxygen atoms in total. The molecule has 0 bridgehead atoms. The van der Waals surface area contributed by atoms with E-state index in [9.17, 15) is 26.4 Å². The van der Waals surface area contributed by atoms with Crippen LogP contribution in [0.2, 0.25) is 0 Å². The van der Waals surface area contributed by atoms with Gasteiger partial charge in [-0.3, -0.25) is 9.11 Å². The van der Waals surface area contributed by atoms with Crippen LogP contribution in [0.5, 0.6) is 0 Å². The SMILES string of the molecule is COC(=O)C1=NC(CNCCNCCNCC2=CC(C#CC3C=CC(OCCCS(=O)(=O)O)=CC3)CC(C(=O)OC)=N2)=CC(C#CC2=CCC(OCCCS(=O)(=O)O)C=C2)C1. The maximum atomic E-state index is 12.4. The number of nitrogens with one attached hydrogen (secondary N) is 3. The van der Waals surface area contributed by atoms with Gasteiger partial charge < -0.3 is 34.9 Å². The summed E-state index contributed by atoms with van der Waals surface area (Å²) in [5.41, 5.74) is 2.82. The molecule has 0 spiro atoms. The molecule has 4 unspecified atom stereocenters. The van der Waals surface area contributed by atoms with Crippen molar-refractivity contribution in [3.05, 3.63) is 71.3 Å². The predicted molar refractivity (Wildman–Crippen MR) is 230 cm³/mol. The molecule has 0 radical (unpaired) electrons. The highest BCUT2D eigenvalue weighted by Gasteiger charge is 2.23. The molecule has 4 aliphatic rings. The number of esters is 2. The van der Waals surface area contributed by atoms with E-state index >= 15 is 0 Å². The van der Waals surface area contributed by atoms with Gasteiger partial charge in [0.05, 0.1) is 49.8 Å². The molecular formula is C42H55N5O12S2. The second-order valence-corrected chi connectivity index (χ2v) is 17.4. The first-order chi connectivity index (χ1) is 29.2. The van der Waals surface area contributed by atoms with E-state index < -0.39 is 32.2 Å². The molecule has 19 heteroatoms. The molecule has 332 valence electrons. The molecule has 0 aromatic rings. The molecule has 61 heavy (non-hydrogen) atoms. The summed E-state index contributed by atoms with van der Waals surface area (Å²) in [6, 6.07) is 0. The Balaban J connectivity index is 1.16. The monoisotopic (exact) mass is 885 g/mol. The fourth-order valence-corrected chi connectivity index (χ4v) is 7.19. The Bertz CT molecular complexity index is 2170. The normalized spacial score (nSPS) is 21.2. The van der Waals surface area contributed by atoms with Crippen molar-refractivity contribution in [2.24, 2.45) is 27.7 Å². The number of ether oxygens (including phenoxy) is 4. The van der Waals surface area contributed by atoms with Gasteiger partial charge in [0.1, 0.15) is 17.2 Å². The van der Waals surface area contributed by atoms with Crippen LogP contribution >= 0.6 is 0 Å². The van der Waals surface area contributed by atoms with Gasteiger partial charge in [-0.25, -0.2) is 19.6 Å². The first kappa shape index (κ1) is 49.0. The summed E-state index contributed by atoms with van der Waals surface area (Å²) in [6.45, 7) is 3.89. The molecule has 2 aliphatic heterocycles. The predicted octanol–water partition coefficient (Wildman–Crippen LogP) is 2.10. The van der Waals surface area contributed by atoms with E-state index in [1.165, 1.54) is 14.2 Å². The number of hydrogen-bond donors (Lipinski definition) is 5. The zero-order chi connectivity index (χ0) is 44.1. The minimum Gasteiger partial charge on any atom is -0.494 e. The lowest BCUT2D eigenvalue weighted by atomic mass is 9.95. The third-order valence-corrected chi connectivity index (χ3v) is 10.9. The Kier molecular flexibility index (Phi) is 20.3. The minimum atomic E-state index is -4.01.